The van der Waals surface area contributed by atoms with Gasteiger partial charge in [0, 0.05) is 19.2 Å². The molecular weight excluding hydrogens is 224 g/mol. The summed E-state index contributed by atoms with van der Waals surface area (Å²) in [5.41, 5.74) is 6.55. The Morgan fingerprint density at radius 3 is 2.67 bits per heavy atom. The Kier molecular flexibility index (Phi) is 4.68. The van der Waals surface area contributed by atoms with E-state index in [2.05, 4.69) is 26.1 Å². The van der Waals surface area contributed by atoms with Gasteiger partial charge in [-0.1, -0.05) is 20.8 Å². The maximum atomic E-state index is 6.20. The zero-order valence-electron chi connectivity index (χ0n) is 12.2. The molecule has 3 N–H and O–H groups in total. The third kappa shape index (κ3) is 3.06. The van der Waals surface area contributed by atoms with Gasteiger partial charge in [0.05, 0.1) is 6.10 Å². The molecule has 1 saturated carbocycles. The summed E-state index contributed by atoms with van der Waals surface area (Å²) < 4.78 is 5.65. The highest BCUT2D eigenvalue weighted by Crippen LogP contribution is 2.43. The van der Waals surface area contributed by atoms with Crippen LogP contribution in [0.4, 0.5) is 0 Å². The average Bonchev–Trinajstić information content (AvgIpc) is 2.83. The molecule has 106 valence electrons. The molecule has 0 aromatic rings. The molecule has 1 saturated heterocycles. The predicted octanol–water partition coefficient (Wildman–Crippen LogP) is 2.15. The molecule has 1 aliphatic heterocycles. The Hall–Kier alpha value is -0.120. The first kappa shape index (κ1) is 14.3. The molecule has 3 heteroatoms. The summed E-state index contributed by atoms with van der Waals surface area (Å²) in [7, 11) is 0. The first-order valence-electron chi connectivity index (χ1n) is 7.59. The molecule has 0 aromatic heterocycles. The summed E-state index contributed by atoms with van der Waals surface area (Å²) in [4.78, 5) is 0. The van der Waals surface area contributed by atoms with Crippen molar-refractivity contribution in [3.63, 3.8) is 0 Å². The van der Waals surface area contributed by atoms with Gasteiger partial charge in [0.15, 0.2) is 0 Å². The fourth-order valence-electron chi connectivity index (χ4n) is 3.53. The standard InChI is InChI=1S/C15H30N2O/c1-11-14(16)7-6-12(15(11,2)3)9-17-10-13-5-4-8-18-13/h11-14,17H,4-10,16H2,1-3H3. The fraction of sp³-hybridized carbons (Fsp3) is 1.00. The van der Waals surface area contributed by atoms with E-state index in [1.54, 1.807) is 0 Å². The number of rotatable bonds is 4. The van der Waals surface area contributed by atoms with Crippen LogP contribution in [0.3, 0.4) is 0 Å². The molecule has 2 rings (SSSR count). The van der Waals surface area contributed by atoms with Gasteiger partial charge in [0.1, 0.15) is 0 Å². The Labute approximate surface area is 112 Å². The smallest absolute Gasteiger partial charge is 0.0700 e. The van der Waals surface area contributed by atoms with Crippen LogP contribution in [0, 0.1) is 17.3 Å². The van der Waals surface area contributed by atoms with Crippen LogP contribution in [0.25, 0.3) is 0 Å². The maximum Gasteiger partial charge on any atom is 0.0700 e. The first-order valence-corrected chi connectivity index (χ1v) is 7.59. The fourth-order valence-corrected chi connectivity index (χ4v) is 3.53. The van der Waals surface area contributed by atoms with Crippen LogP contribution in [0.15, 0.2) is 0 Å². The van der Waals surface area contributed by atoms with Gasteiger partial charge in [-0.2, -0.15) is 0 Å². The number of hydrogen-bond donors (Lipinski definition) is 2. The van der Waals surface area contributed by atoms with Crippen LogP contribution in [0.1, 0.15) is 46.5 Å². The zero-order chi connectivity index (χ0) is 13.2. The van der Waals surface area contributed by atoms with Crippen molar-refractivity contribution in [1.29, 1.82) is 0 Å². The van der Waals surface area contributed by atoms with E-state index in [1.807, 2.05) is 0 Å². The summed E-state index contributed by atoms with van der Waals surface area (Å²) in [5, 5.41) is 3.62. The highest BCUT2D eigenvalue weighted by Gasteiger charge is 2.41. The van der Waals surface area contributed by atoms with Gasteiger partial charge in [-0.25, -0.2) is 0 Å². The van der Waals surface area contributed by atoms with Crippen molar-refractivity contribution in [1.82, 2.24) is 5.32 Å². The monoisotopic (exact) mass is 254 g/mol. The van der Waals surface area contributed by atoms with Crippen molar-refractivity contribution in [3.8, 4) is 0 Å². The number of hydrogen-bond acceptors (Lipinski definition) is 3. The van der Waals surface area contributed by atoms with Gasteiger partial charge >= 0.3 is 0 Å². The minimum absolute atomic E-state index is 0.348. The van der Waals surface area contributed by atoms with E-state index < -0.39 is 0 Å². The molecule has 3 nitrogen and oxygen atoms in total. The molecular formula is C15H30N2O. The number of nitrogens with two attached hydrogens (primary N) is 1. The molecule has 0 aromatic carbocycles. The summed E-state index contributed by atoms with van der Waals surface area (Å²) in [6.07, 6.45) is 5.35. The minimum atomic E-state index is 0.348. The van der Waals surface area contributed by atoms with Crippen LogP contribution < -0.4 is 11.1 Å². The summed E-state index contributed by atoms with van der Waals surface area (Å²) >= 11 is 0. The van der Waals surface area contributed by atoms with E-state index in [0.29, 0.717) is 23.5 Å². The topological polar surface area (TPSA) is 47.3 Å². The average molecular weight is 254 g/mol. The van der Waals surface area contributed by atoms with Crippen molar-refractivity contribution in [3.05, 3.63) is 0 Å². The molecule has 2 fully saturated rings. The molecule has 1 aliphatic carbocycles. The molecule has 1 heterocycles. The van der Waals surface area contributed by atoms with Gasteiger partial charge in [-0.15, -0.1) is 0 Å². The Morgan fingerprint density at radius 1 is 1.22 bits per heavy atom. The van der Waals surface area contributed by atoms with Gasteiger partial charge in [-0.3, -0.25) is 0 Å². The lowest BCUT2D eigenvalue weighted by Crippen LogP contribution is -2.49. The number of nitrogens with one attached hydrogen (secondary N) is 1. The largest absolute Gasteiger partial charge is 0.377 e. The molecule has 4 atom stereocenters. The van der Waals surface area contributed by atoms with Crippen LogP contribution in [-0.2, 0) is 4.74 Å². The predicted molar refractivity (Wildman–Crippen MR) is 75.5 cm³/mol. The maximum absolute atomic E-state index is 6.20. The third-order valence-corrected chi connectivity index (χ3v) is 5.50. The van der Waals surface area contributed by atoms with Crippen LogP contribution in [0.5, 0.6) is 0 Å². The third-order valence-electron chi connectivity index (χ3n) is 5.50. The lowest BCUT2D eigenvalue weighted by atomic mass is 9.61. The van der Waals surface area contributed by atoms with Gasteiger partial charge in [0.25, 0.3) is 0 Å². The van der Waals surface area contributed by atoms with E-state index in [-0.39, 0.29) is 0 Å². The Morgan fingerprint density at radius 2 is 2.00 bits per heavy atom. The zero-order valence-corrected chi connectivity index (χ0v) is 12.2. The highest BCUT2D eigenvalue weighted by atomic mass is 16.5. The highest BCUT2D eigenvalue weighted by molar-refractivity contribution is 4.94. The van der Waals surface area contributed by atoms with E-state index in [9.17, 15) is 0 Å². The molecule has 0 spiro atoms. The van der Waals surface area contributed by atoms with E-state index >= 15 is 0 Å². The lowest BCUT2D eigenvalue weighted by Gasteiger charge is -2.47. The van der Waals surface area contributed by atoms with E-state index in [4.69, 9.17) is 10.5 Å². The van der Waals surface area contributed by atoms with Crippen molar-refractivity contribution in [2.24, 2.45) is 23.0 Å². The van der Waals surface area contributed by atoms with Gasteiger partial charge in [0.2, 0.25) is 0 Å². The minimum Gasteiger partial charge on any atom is -0.377 e. The Bertz CT molecular complexity index is 261. The summed E-state index contributed by atoms with van der Waals surface area (Å²) in [6.45, 7) is 10.2. The summed E-state index contributed by atoms with van der Waals surface area (Å²) in [6, 6.07) is 0.384. The number of ether oxygens (including phenoxy) is 1. The second-order valence-electron chi connectivity index (χ2n) is 6.84. The van der Waals surface area contributed by atoms with Crippen LogP contribution in [-0.4, -0.2) is 31.8 Å². The first-order chi connectivity index (χ1) is 8.51. The molecule has 2 aliphatic rings. The van der Waals surface area contributed by atoms with Crippen molar-refractivity contribution >= 4 is 0 Å². The summed E-state index contributed by atoms with van der Waals surface area (Å²) in [5.74, 6) is 1.36. The van der Waals surface area contributed by atoms with Crippen LogP contribution in [0.2, 0.25) is 0 Å². The lowest BCUT2D eigenvalue weighted by molar-refractivity contribution is 0.0495. The SMILES string of the molecule is CC1C(N)CCC(CNCC2CCCO2)C1(C)C. The quantitative estimate of drug-likeness (QED) is 0.808. The van der Waals surface area contributed by atoms with Crippen molar-refractivity contribution < 1.29 is 4.74 Å². The van der Waals surface area contributed by atoms with Crippen LogP contribution >= 0.6 is 0 Å². The second-order valence-corrected chi connectivity index (χ2v) is 6.84. The normalized spacial score (nSPS) is 40.0. The van der Waals surface area contributed by atoms with Gasteiger partial charge in [-0.05, 0) is 49.5 Å². The van der Waals surface area contributed by atoms with E-state index in [0.717, 1.165) is 25.6 Å². The molecule has 4 unspecified atom stereocenters. The molecule has 0 amide bonds. The molecule has 0 bridgehead atoms. The molecule has 0 radical (unpaired) electrons. The van der Waals surface area contributed by atoms with Crippen molar-refractivity contribution in [2.75, 3.05) is 19.7 Å². The van der Waals surface area contributed by atoms with Crippen molar-refractivity contribution in [2.45, 2.75) is 58.6 Å². The second kappa shape index (κ2) is 5.89. The molecule has 18 heavy (non-hydrogen) atoms. The van der Waals surface area contributed by atoms with E-state index in [1.165, 1.54) is 25.7 Å². The Balaban J connectivity index is 1.77. The van der Waals surface area contributed by atoms with Gasteiger partial charge < -0.3 is 15.8 Å².